The van der Waals surface area contributed by atoms with Gasteiger partial charge in [0.05, 0.1) is 44.1 Å². The minimum absolute atomic E-state index is 0. The maximum absolute atomic E-state index is 9.00. The number of rotatable bonds is 6. The van der Waals surface area contributed by atoms with E-state index in [-0.39, 0.29) is 40.8 Å². The molecule has 0 saturated carbocycles. The molecular weight excluding hydrogens is 1340 g/mol. The van der Waals surface area contributed by atoms with Gasteiger partial charge in [-0.1, -0.05) is 95.8 Å². The molecular formula is C74H48N10O6Pd2. The maximum Gasteiger partial charge on any atom is 2.00 e. The van der Waals surface area contributed by atoms with Crippen LogP contribution in [0.3, 0.4) is 0 Å². The Morgan fingerprint density at radius 1 is 0.391 bits per heavy atom. The van der Waals surface area contributed by atoms with Gasteiger partial charge in [0, 0.05) is 115 Å². The predicted molar refractivity (Wildman–Crippen MR) is 353 cm³/mol. The molecule has 8 aromatic carbocycles. The Morgan fingerprint density at radius 3 is 1.46 bits per heavy atom. The van der Waals surface area contributed by atoms with Gasteiger partial charge in [-0.15, -0.1) is 29.0 Å². The fourth-order valence-electron chi connectivity index (χ4n) is 12.0. The molecule has 0 fully saturated rings. The summed E-state index contributed by atoms with van der Waals surface area (Å²) in [6.07, 6.45) is 7.28. The summed E-state index contributed by atoms with van der Waals surface area (Å²) >= 11 is 0. The molecule has 92 heavy (non-hydrogen) atoms. The number of para-hydroxylation sites is 6. The molecule has 0 aliphatic carbocycles. The summed E-state index contributed by atoms with van der Waals surface area (Å²) in [5.74, 6) is 2.71. The number of carboxylic acids is 2. The fraction of sp³-hybridized carbons (Fsp3) is 0.0270. The minimum Gasteiger partial charge on any atom is -0.503 e. The van der Waals surface area contributed by atoms with Crippen LogP contribution in [0.5, 0.6) is 23.0 Å². The average molecular weight is 1390 g/mol. The van der Waals surface area contributed by atoms with Crippen molar-refractivity contribution in [1.29, 1.82) is 0 Å². The number of pyridine rings is 6. The van der Waals surface area contributed by atoms with Crippen molar-refractivity contribution in [2.75, 3.05) is 0 Å². The van der Waals surface area contributed by atoms with Crippen molar-refractivity contribution in [1.82, 2.24) is 47.8 Å². The van der Waals surface area contributed by atoms with Crippen LogP contribution in [-0.2, 0) is 50.4 Å². The number of benzene rings is 8. The van der Waals surface area contributed by atoms with E-state index in [2.05, 4.69) is 137 Å². The minimum atomic E-state index is -0.833. The number of carboxylic acid groups (broad SMARTS) is 2. The number of hydrogen-bond acceptors (Lipinski definition) is 10. The fourth-order valence-corrected chi connectivity index (χ4v) is 12.0. The van der Waals surface area contributed by atoms with E-state index < -0.39 is 11.9 Å². The molecule has 0 bridgehead atoms. The molecule has 16 nitrogen and oxygen atoms in total. The van der Waals surface area contributed by atoms with E-state index in [9.17, 15) is 0 Å². The van der Waals surface area contributed by atoms with E-state index in [4.69, 9.17) is 49.2 Å². The third-order valence-corrected chi connectivity index (χ3v) is 15.5. The Hall–Kier alpha value is -11.2. The van der Waals surface area contributed by atoms with E-state index in [0.29, 0.717) is 11.5 Å². The van der Waals surface area contributed by atoms with Crippen molar-refractivity contribution >= 4 is 133 Å². The summed E-state index contributed by atoms with van der Waals surface area (Å²) in [5, 5.41) is 23.3. The van der Waals surface area contributed by atoms with Gasteiger partial charge in [0.15, 0.2) is 0 Å². The number of ether oxygens (including phenoxy) is 2. The van der Waals surface area contributed by atoms with Crippen LogP contribution in [0, 0.1) is 12.1 Å². The van der Waals surface area contributed by atoms with E-state index in [0.717, 1.165) is 152 Å². The SMILES string of the molecule is CC(=O)O.CC(=O)O.[Pd+2].[Pd].[c-]1c(Oc2[c-]c3c(cc2)c2ccccc2n3-c2ccccn2)ccc2c1c1ncccc1n1c3ccccc3nc21.c1ccc(-n2c3ccccc3c3ccc(Oc4ccc5c(c4)c4ncccc4n4c6ccccc6nc54)cc32)nc1. The zero-order valence-corrected chi connectivity index (χ0v) is 51.8. The van der Waals surface area contributed by atoms with Gasteiger partial charge in [0.25, 0.3) is 11.9 Å². The molecule has 10 heterocycles. The normalized spacial score (nSPS) is 11.2. The molecule has 2 N–H and O–H groups in total. The third-order valence-electron chi connectivity index (χ3n) is 15.5. The van der Waals surface area contributed by atoms with Crippen LogP contribution in [-0.4, -0.2) is 70.0 Å². The molecule has 0 aliphatic heterocycles. The Balaban J connectivity index is 0.000000148. The van der Waals surface area contributed by atoms with Crippen molar-refractivity contribution in [3.8, 4) is 34.6 Å². The van der Waals surface area contributed by atoms with E-state index in [1.54, 1.807) is 6.20 Å². The standard InChI is InChI=1S/C35H21N5O.C35H19N5O.2C2H4O2.2Pd/c2*1-3-10-29-24(8-1)25-16-14-23(21-32(25)39(29)33-13-5-6-18-36-33)41-22-15-17-26-27(20-22)34-31(12-7-19-37-34)40-30-11-4-2-9-28(30)38-35(26)40;2*1-2(3)4;;/h1-21H;1-19H;2*1H3,(H,3,4);;/q;-2;;;;+2. The van der Waals surface area contributed by atoms with E-state index in [1.165, 1.54) is 5.39 Å². The average Bonchev–Trinajstić information content (AvgIpc) is 1.47. The van der Waals surface area contributed by atoms with E-state index in [1.807, 2.05) is 140 Å². The van der Waals surface area contributed by atoms with Crippen molar-refractivity contribution in [2.45, 2.75) is 13.8 Å². The Morgan fingerprint density at radius 2 is 0.837 bits per heavy atom. The summed E-state index contributed by atoms with van der Waals surface area (Å²) in [7, 11) is 0. The molecule has 0 radical (unpaired) electrons. The first kappa shape index (κ1) is 59.7. The number of aromatic nitrogens is 10. The molecule has 0 saturated heterocycles. The first-order valence-corrected chi connectivity index (χ1v) is 28.8. The zero-order valence-electron chi connectivity index (χ0n) is 48.7. The quantitative estimate of drug-likeness (QED) is 0.0912. The summed E-state index contributed by atoms with van der Waals surface area (Å²) in [6, 6.07) is 80.6. The first-order chi connectivity index (χ1) is 44.1. The van der Waals surface area contributed by atoms with Gasteiger partial charge in [0.1, 0.15) is 34.4 Å². The van der Waals surface area contributed by atoms with Gasteiger partial charge >= 0.3 is 20.4 Å². The monoisotopic (exact) mass is 1380 g/mol. The number of aliphatic carboxylic acids is 2. The Labute approximate surface area is 550 Å². The smallest absolute Gasteiger partial charge is 0.503 e. The number of hydrogen-bond donors (Lipinski definition) is 2. The van der Waals surface area contributed by atoms with Crippen LogP contribution in [0.4, 0.5) is 0 Å². The van der Waals surface area contributed by atoms with Crippen LogP contribution < -0.4 is 9.47 Å². The predicted octanol–water partition coefficient (Wildman–Crippen LogP) is 16.7. The van der Waals surface area contributed by atoms with Crippen molar-refractivity contribution in [3.63, 3.8) is 0 Å². The topological polar surface area (TPSA) is 189 Å². The Bertz CT molecular complexity index is 5510. The Kier molecular flexibility index (Phi) is 16.2. The number of imidazole rings is 2. The molecule has 18 rings (SSSR count). The second kappa shape index (κ2) is 25.0. The largest absolute Gasteiger partial charge is 2.00 e. The van der Waals surface area contributed by atoms with Gasteiger partial charge in [-0.3, -0.25) is 23.5 Å². The first-order valence-electron chi connectivity index (χ1n) is 28.8. The molecule has 0 amide bonds. The van der Waals surface area contributed by atoms with Crippen LogP contribution in [0.25, 0.3) is 132 Å². The van der Waals surface area contributed by atoms with Gasteiger partial charge in [-0.25, -0.2) is 19.9 Å². The van der Waals surface area contributed by atoms with Gasteiger partial charge in [-0.05, 0) is 121 Å². The van der Waals surface area contributed by atoms with Crippen LogP contribution in [0.15, 0.2) is 243 Å². The second-order valence-electron chi connectivity index (χ2n) is 21.2. The van der Waals surface area contributed by atoms with Crippen molar-refractivity contribution < 1.29 is 70.1 Å². The van der Waals surface area contributed by atoms with Gasteiger partial charge in [0.2, 0.25) is 0 Å². The molecule has 10 aromatic heterocycles. The molecule has 450 valence electrons. The van der Waals surface area contributed by atoms with Crippen LogP contribution in [0.2, 0.25) is 0 Å². The van der Waals surface area contributed by atoms with Gasteiger partial charge in [-0.2, -0.15) is 6.07 Å². The summed E-state index contributed by atoms with van der Waals surface area (Å²) in [6.45, 7) is 2.17. The number of fused-ring (bicyclic) bond motifs is 22. The molecule has 18 heteroatoms. The number of nitrogens with zero attached hydrogens (tertiary/aromatic N) is 10. The van der Waals surface area contributed by atoms with Crippen molar-refractivity contribution in [3.05, 3.63) is 255 Å². The van der Waals surface area contributed by atoms with E-state index >= 15 is 0 Å². The maximum atomic E-state index is 9.00. The molecule has 18 aromatic rings. The molecule has 0 atom stereocenters. The van der Waals surface area contributed by atoms with Gasteiger partial charge < -0.3 is 33.6 Å². The number of carbonyl (C=O) groups is 2. The van der Waals surface area contributed by atoms with Crippen molar-refractivity contribution in [2.24, 2.45) is 0 Å². The zero-order chi connectivity index (χ0) is 61.0. The second-order valence-corrected chi connectivity index (χ2v) is 21.2. The summed E-state index contributed by atoms with van der Waals surface area (Å²) in [5.41, 5.74) is 13.7. The molecule has 0 unspecified atom stereocenters. The summed E-state index contributed by atoms with van der Waals surface area (Å²) < 4.78 is 21.6. The molecule has 0 spiro atoms. The van der Waals surface area contributed by atoms with Crippen LogP contribution in [0.1, 0.15) is 13.8 Å². The molecule has 0 aliphatic rings. The summed E-state index contributed by atoms with van der Waals surface area (Å²) in [4.78, 5) is 46.8. The third kappa shape index (κ3) is 10.7. The van der Waals surface area contributed by atoms with Crippen LogP contribution >= 0.6 is 0 Å².